The minimum Gasteiger partial charge on any atom is -0.336 e. The van der Waals surface area contributed by atoms with E-state index in [4.69, 9.17) is 16.1 Å². The third-order valence-corrected chi connectivity index (χ3v) is 6.77. The first-order valence-corrected chi connectivity index (χ1v) is 11.2. The van der Waals surface area contributed by atoms with Gasteiger partial charge in [0.25, 0.3) is 11.8 Å². The molecule has 5 rings (SSSR count). The minimum atomic E-state index is -0.688. The van der Waals surface area contributed by atoms with Crippen LogP contribution in [0.3, 0.4) is 0 Å². The molecule has 2 aromatic heterocycles. The predicted octanol–water partition coefficient (Wildman–Crippen LogP) is 5.66. The van der Waals surface area contributed by atoms with Crippen LogP contribution in [0.5, 0.6) is 0 Å². The van der Waals surface area contributed by atoms with Crippen LogP contribution in [0.4, 0.5) is 0 Å². The summed E-state index contributed by atoms with van der Waals surface area (Å²) >= 11 is 7.59. The molecule has 1 atom stereocenters. The predicted molar refractivity (Wildman–Crippen MR) is 120 cm³/mol. The van der Waals surface area contributed by atoms with Crippen molar-refractivity contribution in [2.24, 2.45) is 0 Å². The van der Waals surface area contributed by atoms with Crippen LogP contribution in [-0.2, 0) is 5.54 Å². The molecular formula is C23H19ClN4O2S. The second kappa shape index (κ2) is 7.90. The molecule has 1 saturated heterocycles. The molecule has 1 aliphatic rings. The first-order chi connectivity index (χ1) is 15.1. The fourth-order valence-electron chi connectivity index (χ4n) is 4.02. The van der Waals surface area contributed by atoms with Crippen molar-refractivity contribution in [1.82, 2.24) is 20.0 Å². The SMILES string of the molecule is C[C@@]1(c2nc(-c3ccccc3)no2)CCCN1C(=O)c1ncsc1-c1cccc(Cl)c1. The second-order valence-corrected chi connectivity index (χ2v) is 8.96. The normalized spacial score (nSPS) is 18.5. The zero-order chi connectivity index (χ0) is 21.4. The quantitative estimate of drug-likeness (QED) is 0.401. The lowest BCUT2D eigenvalue weighted by atomic mass is 9.98. The van der Waals surface area contributed by atoms with Crippen molar-refractivity contribution in [3.63, 3.8) is 0 Å². The fraction of sp³-hybridized carbons (Fsp3) is 0.217. The molecule has 0 aliphatic carbocycles. The first-order valence-electron chi connectivity index (χ1n) is 9.97. The number of carbonyl (C=O) groups excluding carboxylic acids is 1. The maximum atomic E-state index is 13.6. The highest BCUT2D eigenvalue weighted by molar-refractivity contribution is 7.13. The van der Waals surface area contributed by atoms with Gasteiger partial charge < -0.3 is 9.42 Å². The molecule has 6 nitrogen and oxygen atoms in total. The van der Waals surface area contributed by atoms with Crippen LogP contribution in [0.2, 0.25) is 5.02 Å². The molecule has 0 saturated carbocycles. The van der Waals surface area contributed by atoms with E-state index in [1.165, 1.54) is 11.3 Å². The maximum absolute atomic E-state index is 13.6. The van der Waals surface area contributed by atoms with Gasteiger partial charge in [0.15, 0.2) is 0 Å². The van der Waals surface area contributed by atoms with Crippen LogP contribution in [0.25, 0.3) is 21.8 Å². The standard InChI is InChI=1S/C23H19ClN4O2S/c1-23(22-26-20(27-30-22)15-7-3-2-4-8-15)11-6-12-28(23)21(29)18-19(31-14-25-18)16-9-5-10-17(24)13-16/h2-5,7-10,13-14H,6,11-12H2,1H3/t23-/m0/s1. The molecular weight excluding hydrogens is 432 g/mol. The number of hydrogen-bond acceptors (Lipinski definition) is 6. The lowest BCUT2D eigenvalue weighted by Crippen LogP contribution is -2.43. The fourth-order valence-corrected chi connectivity index (χ4v) is 4.99. The van der Waals surface area contributed by atoms with Gasteiger partial charge in [0.1, 0.15) is 11.2 Å². The third kappa shape index (κ3) is 3.54. The van der Waals surface area contributed by atoms with Gasteiger partial charge in [0.2, 0.25) is 5.82 Å². The van der Waals surface area contributed by atoms with Gasteiger partial charge in [-0.05, 0) is 37.5 Å². The minimum absolute atomic E-state index is 0.143. The molecule has 2 aromatic carbocycles. The van der Waals surface area contributed by atoms with Crippen LogP contribution < -0.4 is 0 Å². The summed E-state index contributed by atoms with van der Waals surface area (Å²) in [6, 6.07) is 17.1. The second-order valence-electron chi connectivity index (χ2n) is 7.66. The molecule has 31 heavy (non-hydrogen) atoms. The van der Waals surface area contributed by atoms with Gasteiger partial charge in [-0.3, -0.25) is 4.79 Å². The summed E-state index contributed by atoms with van der Waals surface area (Å²) < 4.78 is 5.64. The molecule has 156 valence electrons. The molecule has 0 spiro atoms. The van der Waals surface area contributed by atoms with E-state index in [-0.39, 0.29) is 5.91 Å². The average Bonchev–Trinajstić information content (AvgIpc) is 3.54. The van der Waals surface area contributed by atoms with E-state index >= 15 is 0 Å². The smallest absolute Gasteiger partial charge is 0.274 e. The van der Waals surface area contributed by atoms with E-state index in [9.17, 15) is 4.79 Å². The molecule has 3 heterocycles. The van der Waals surface area contributed by atoms with Crippen molar-refractivity contribution in [1.29, 1.82) is 0 Å². The summed E-state index contributed by atoms with van der Waals surface area (Å²) in [6.07, 6.45) is 1.59. The van der Waals surface area contributed by atoms with Crippen LogP contribution >= 0.6 is 22.9 Å². The average molecular weight is 451 g/mol. The molecule has 0 unspecified atom stereocenters. The number of amides is 1. The van der Waals surface area contributed by atoms with Gasteiger partial charge in [0.05, 0.1) is 10.4 Å². The van der Waals surface area contributed by atoms with E-state index in [1.54, 1.807) is 10.4 Å². The third-order valence-electron chi connectivity index (χ3n) is 5.66. The highest BCUT2D eigenvalue weighted by Gasteiger charge is 2.46. The Balaban J connectivity index is 1.48. The van der Waals surface area contributed by atoms with Crippen LogP contribution in [0, 0.1) is 0 Å². The Kier molecular flexibility index (Phi) is 5.08. The molecule has 8 heteroatoms. The lowest BCUT2D eigenvalue weighted by molar-refractivity contribution is 0.0547. The lowest BCUT2D eigenvalue weighted by Gasteiger charge is -2.31. The van der Waals surface area contributed by atoms with Gasteiger partial charge in [0, 0.05) is 17.1 Å². The monoisotopic (exact) mass is 450 g/mol. The van der Waals surface area contributed by atoms with Crippen LogP contribution in [0.1, 0.15) is 36.1 Å². The number of likely N-dealkylation sites (tertiary alicyclic amines) is 1. The Morgan fingerprint density at radius 1 is 1.16 bits per heavy atom. The Labute approximate surface area is 188 Å². The molecule has 1 fully saturated rings. The van der Waals surface area contributed by atoms with E-state index in [1.807, 2.05) is 61.5 Å². The highest BCUT2D eigenvalue weighted by Crippen LogP contribution is 2.40. The molecule has 1 amide bonds. The summed E-state index contributed by atoms with van der Waals surface area (Å²) in [5.74, 6) is 0.817. The summed E-state index contributed by atoms with van der Waals surface area (Å²) in [7, 11) is 0. The van der Waals surface area contributed by atoms with Crippen molar-refractivity contribution >= 4 is 28.8 Å². The summed E-state index contributed by atoms with van der Waals surface area (Å²) in [5.41, 5.74) is 3.18. The van der Waals surface area contributed by atoms with E-state index in [0.29, 0.717) is 29.0 Å². The number of thiazole rings is 1. The number of benzene rings is 2. The highest BCUT2D eigenvalue weighted by atomic mass is 35.5. The number of aromatic nitrogens is 3. The zero-order valence-electron chi connectivity index (χ0n) is 16.8. The first kappa shape index (κ1) is 19.9. The summed E-state index contributed by atoms with van der Waals surface area (Å²) in [6.45, 7) is 2.58. The van der Waals surface area contributed by atoms with Crippen molar-refractivity contribution < 1.29 is 9.32 Å². The van der Waals surface area contributed by atoms with Crippen molar-refractivity contribution in [3.05, 3.63) is 76.7 Å². The van der Waals surface area contributed by atoms with Gasteiger partial charge in [-0.15, -0.1) is 11.3 Å². The van der Waals surface area contributed by atoms with E-state index in [0.717, 1.165) is 28.8 Å². The van der Waals surface area contributed by atoms with Crippen molar-refractivity contribution in [2.45, 2.75) is 25.3 Å². The number of halogens is 1. The van der Waals surface area contributed by atoms with Gasteiger partial charge in [-0.1, -0.05) is 59.2 Å². The van der Waals surface area contributed by atoms with Crippen molar-refractivity contribution in [2.75, 3.05) is 6.54 Å². The topological polar surface area (TPSA) is 72.1 Å². The van der Waals surface area contributed by atoms with Gasteiger partial charge >= 0.3 is 0 Å². The Hall–Kier alpha value is -3.03. The molecule has 4 aromatic rings. The number of nitrogens with zero attached hydrogens (tertiary/aromatic N) is 4. The van der Waals surface area contributed by atoms with E-state index in [2.05, 4.69) is 15.1 Å². The number of carbonyl (C=O) groups is 1. The molecule has 0 N–H and O–H groups in total. The molecule has 0 bridgehead atoms. The van der Waals surface area contributed by atoms with Crippen molar-refractivity contribution in [3.8, 4) is 21.8 Å². The largest absolute Gasteiger partial charge is 0.336 e. The van der Waals surface area contributed by atoms with Crippen LogP contribution in [-0.4, -0.2) is 32.5 Å². The number of hydrogen-bond donors (Lipinski definition) is 0. The van der Waals surface area contributed by atoms with Gasteiger partial charge in [-0.2, -0.15) is 4.98 Å². The maximum Gasteiger partial charge on any atom is 0.274 e. The van der Waals surface area contributed by atoms with Crippen LogP contribution in [0.15, 0.2) is 64.6 Å². The number of rotatable bonds is 4. The van der Waals surface area contributed by atoms with E-state index < -0.39 is 5.54 Å². The molecule has 1 aliphatic heterocycles. The summed E-state index contributed by atoms with van der Waals surface area (Å²) in [4.78, 5) is 25.2. The Morgan fingerprint density at radius 3 is 2.77 bits per heavy atom. The summed E-state index contributed by atoms with van der Waals surface area (Å²) in [5, 5.41) is 4.78. The Bertz CT molecular complexity index is 1240. The Morgan fingerprint density at radius 2 is 1.97 bits per heavy atom. The zero-order valence-corrected chi connectivity index (χ0v) is 18.4. The van der Waals surface area contributed by atoms with Gasteiger partial charge in [-0.25, -0.2) is 4.98 Å². The molecule has 0 radical (unpaired) electrons.